The van der Waals surface area contributed by atoms with Crippen molar-refractivity contribution in [1.29, 1.82) is 0 Å². The number of halogens is 4. The number of aromatic nitrogens is 2. The normalized spacial score (nSPS) is 12.5. The fraction of sp³-hybridized carbons (Fsp3) is 0.0714. The van der Waals surface area contributed by atoms with Crippen LogP contribution in [0.5, 0.6) is 5.75 Å². The monoisotopic (exact) mass is 420 g/mol. The van der Waals surface area contributed by atoms with Gasteiger partial charge in [-0.1, -0.05) is 34.1 Å². The molecule has 0 aliphatic carbocycles. The van der Waals surface area contributed by atoms with E-state index < -0.39 is 22.0 Å². The van der Waals surface area contributed by atoms with E-state index in [1.54, 1.807) is 18.2 Å². The maximum absolute atomic E-state index is 12.9. The van der Waals surface area contributed by atoms with Gasteiger partial charge in [-0.25, -0.2) is 0 Å². The Kier molecular flexibility index (Phi) is 4.04. The summed E-state index contributed by atoms with van der Waals surface area (Å²) in [5, 5.41) is 3.86. The Balaban J connectivity index is 2.14. The predicted molar refractivity (Wildman–Crippen MR) is 83.8 cm³/mol. The van der Waals surface area contributed by atoms with E-state index in [1.807, 2.05) is 0 Å². The average Bonchev–Trinajstić information content (AvgIpc) is 2.92. The van der Waals surface area contributed by atoms with Crippen LogP contribution in [0.15, 0.2) is 53.1 Å². The lowest BCUT2D eigenvalue weighted by atomic mass is 10.1. The van der Waals surface area contributed by atoms with Crippen molar-refractivity contribution in [2.75, 3.05) is 0 Å². The second kappa shape index (κ2) is 5.78. The summed E-state index contributed by atoms with van der Waals surface area (Å²) in [6.45, 7) is 0. The van der Waals surface area contributed by atoms with Crippen LogP contribution in [0.25, 0.3) is 10.9 Å². The molecule has 0 radical (unpaired) electrons. The van der Waals surface area contributed by atoms with Gasteiger partial charge in [0.2, 0.25) is 0 Å². The summed E-state index contributed by atoms with van der Waals surface area (Å²) in [6.07, 6.45) is -3.48. The number of alkyl halides is 3. The molecule has 0 amide bonds. The molecule has 3 rings (SSSR count). The quantitative estimate of drug-likeness (QED) is 0.642. The lowest BCUT2D eigenvalue weighted by Crippen LogP contribution is -2.20. The van der Waals surface area contributed by atoms with Crippen LogP contribution in [0.2, 0.25) is 0 Å². The lowest BCUT2D eigenvalue weighted by molar-refractivity contribution is -0.137. The van der Waals surface area contributed by atoms with Gasteiger partial charge in [-0.2, -0.15) is 26.7 Å². The maximum atomic E-state index is 12.9. The van der Waals surface area contributed by atoms with Crippen LogP contribution in [-0.4, -0.2) is 17.6 Å². The Morgan fingerprint density at radius 3 is 2.42 bits per heavy atom. The van der Waals surface area contributed by atoms with E-state index in [2.05, 4.69) is 21.0 Å². The molecule has 0 spiro atoms. The number of nitrogens with zero attached hydrogens (tertiary/aromatic N) is 2. The molecule has 126 valence electrons. The van der Waals surface area contributed by atoms with Crippen LogP contribution >= 0.6 is 15.9 Å². The van der Waals surface area contributed by atoms with E-state index in [0.29, 0.717) is 10.2 Å². The van der Waals surface area contributed by atoms with Crippen molar-refractivity contribution in [3.63, 3.8) is 0 Å². The van der Waals surface area contributed by atoms with Crippen molar-refractivity contribution in [2.45, 2.75) is 6.18 Å². The minimum absolute atomic E-state index is 0.0205. The number of fused-ring (bicyclic) bond motifs is 1. The van der Waals surface area contributed by atoms with E-state index in [1.165, 1.54) is 12.1 Å². The van der Waals surface area contributed by atoms with E-state index in [4.69, 9.17) is 4.18 Å². The van der Waals surface area contributed by atoms with Crippen LogP contribution < -0.4 is 4.18 Å². The minimum Gasteiger partial charge on any atom is -0.366 e. The van der Waals surface area contributed by atoms with Crippen LogP contribution in [0, 0.1) is 0 Å². The van der Waals surface area contributed by atoms with Gasteiger partial charge in [0.1, 0.15) is 5.75 Å². The third-order valence-electron chi connectivity index (χ3n) is 3.09. The fourth-order valence-electron chi connectivity index (χ4n) is 2.04. The number of hydrogen-bond acceptors (Lipinski definition) is 4. The van der Waals surface area contributed by atoms with Crippen molar-refractivity contribution in [2.24, 2.45) is 0 Å². The van der Waals surface area contributed by atoms with Gasteiger partial charge in [0, 0.05) is 9.86 Å². The molecule has 24 heavy (non-hydrogen) atoms. The number of para-hydroxylation sites is 1. The minimum atomic E-state index is -4.63. The maximum Gasteiger partial charge on any atom is 0.429 e. The van der Waals surface area contributed by atoms with Crippen molar-refractivity contribution in [3.8, 4) is 5.75 Å². The molecular weight excluding hydrogens is 413 g/mol. The Morgan fingerprint density at radius 2 is 1.79 bits per heavy atom. The van der Waals surface area contributed by atoms with Gasteiger partial charge >= 0.3 is 16.5 Å². The largest absolute Gasteiger partial charge is 0.429 e. The topological polar surface area (TPSA) is 61.2 Å². The predicted octanol–water partition coefficient (Wildman–Crippen LogP) is 3.99. The zero-order valence-corrected chi connectivity index (χ0v) is 14.1. The molecule has 0 unspecified atom stereocenters. The second-order valence-electron chi connectivity index (χ2n) is 4.73. The molecule has 0 aliphatic rings. The summed E-state index contributed by atoms with van der Waals surface area (Å²) < 4.78 is 68.9. The molecule has 0 saturated heterocycles. The van der Waals surface area contributed by atoms with Crippen molar-refractivity contribution >= 4 is 37.1 Å². The third-order valence-corrected chi connectivity index (χ3v) is 4.86. The highest BCUT2D eigenvalue weighted by Crippen LogP contribution is 2.35. The first-order chi connectivity index (χ1) is 11.2. The zero-order valence-electron chi connectivity index (χ0n) is 11.7. The standard InChI is InChI=1S/C14H8BrF3N2O3S/c15-12-6-9(14(16,17)18)7-13-11(12)8-19-20(13)24(21,22)23-10-4-2-1-3-5-10/h1-8H. The molecule has 10 heteroatoms. The van der Waals surface area contributed by atoms with Crippen molar-refractivity contribution in [3.05, 3.63) is 58.7 Å². The Labute approximate surface area is 143 Å². The van der Waals surface area contributed by atoms with Crippen LogP contribution in [-0.2, 0) is 16.5 Å². The number of rotatable bonds is 3. The van der Waals surface area contributed by atoms with Crippen molar-refractivity contribution in [1.82, 2.24) is 9.19 Å². The van der Waals surface area contributed by atoms with E-state index >= 15 is 0 Å². The summed E-state index contributed by atoms with van der Waals surface area (Å²) >= 11 is 3.00. The third kappa shape index (κ3) is 3.11. The highest BCUT2D eigenvalue weighted by molar-refractivity contribution is 9.10. The molecule has 1 heterocycles. The summed E-state index contributed by atoms with van der Waals surface area (Å²) in [6, 6.07) is 9.16. The Hall–Kier alpha value is -2.07. The SMILES string of the molecule is O=S(=O)(Oc1ccccc1)n1ncc2c(Br)cc(C(F)(F)F)cc21. The van der Waals surface area contributed by atoms with Crippen LogP contribution in [0.1, 0.15) is 5.56 Å². The molecule has 0 atom stereocenters. The highest BCUT2D eigenvalue weighted by atomic mass is 79.9. The van der Waals surface area contributed by atoms with Gasteiger partial charge in [-0.15, -0.1) is 4.09 Å². The highest BCUT2D eigenvalue weighted by Gasteiger charge is 2.32. The molecule has 5 nitrogen and oxygen atoms in total. The van der Waals surface area contributed by atoms with Gasteiger partial charge < -0.3 is 4.18 Å². The summed E-state index contributed by atoms with van der Waals surface area (Å²) in [7, 11) is -4.46. The first-order valence-corrected chi connectivity index (χ1v) is 8.59. The molecule has 0 bridgehead atoms. The molecule has 0 aliphatic heterocycles. The molecule has 0 N–H and O–H groups in total. The number of hydrogen-bond donors (Lipinski definition) is 0. The van der Waals surface area contributed by atoms with Gasteiger partial charge in [-0.05, 0) is 24.3 Å². The van der Waals surface area contributed by atoms with Crippen molar-refractivity contribution < 1.29 is 25.8 Å². The Morgan fingerprint density at radius 1 is 1.12 bits per heavy atom. The first kappa shape index (κ1) is 16.8. The van der Waals surface area contributed by atoms with Gasteiger partial charge in [0.15, 0.2) is 0 Å². The van der Waals surface area contributed by atoms with Crippen LogP contribution in [0.4, 0.5) is 13.2 Å². The van der Waals surface area contributed by atoms with Gasteiger partial charge in [0.05, 0.1) is 17.3 Å². The molecule has 2 aromatic carbocycles. The molecule has 0 saturated carbocycles. The zero-order chi connectivity index (χ0) is 17.5. The molecular formula is C14H8BrF3N2O3S. The molecule has 3 aromatic rings. The second-order valence-corrected chi connectivity index (χ2v) is 6.95. The molecule has 0 fully saturated rings. The number of benzene rings is 2. The smallest absolute Gasteiger partial charge is 0.366 e. The van der Waals surface area contributed by atoms with E-state index in [9.17, 15) is 21.6 Å². The van der Waals surface area contributed by atoms with Gasteiger partial charge in [-0.3, -0.25) is 0 Å². The van der Waals surface area contributed by atoms with Crippen LogP contribution in [0.3, 0.4) is 0 Å². The summed E-state index contributed by atoms with van der Waals surface area (Å²) in [4.78, 5) is 0. The first-order valence-electron chi connectivity index (χ1n) is 6.43. The van der Waals surface area contributed by atoms with E-state index in [-0.39, 0.29) is 21.1 Å². The van der Waals surface area contributed by atoms with Gasteiger partial charge in [0.25, 0.3) is 0 Å². The average molecular weight is 421 g/mol. The summed E-state index contributed by atoms with van der Waals surface area (Å²) in [5.41, 5.74) is -1.24. The molecule has 1 aromatic heterocycles. The lowest BCUT2D eigenvalue weighted by Gasteiger charge is -2.10. The Bertz CT molecular complexity index is 1000. The van der Waals surface area contributed by atoms with E-state index in [0.717, 1.165) is 12.3 Å². The fourth-order valence-corrected chi connectivity index (χ4v) is 3.57. The summed E-state index contributed by atoms with van der Waals surface area (Å²) in [5.74, 6) is 0.0205.